The molecule has 3 heterocycles. The van der Waals surface area contributed by atoms with Crippen molar-refractivity contribution in [2.75, 3.05) is 35.7 Å². The zero-order valence-electron chi connectivity index (χ0n) is 10.6. The maximum absolute atomic E-state index is 5.62. The highest BCUT2D eigenvalue weighted by molar-refractivity contribution is 7.18. The van der Waals surface area contributed by atoms with Gasteiger partial charge in [-0.2, -0.15) is 5.10 Å². The fourth-order valence-electron chi connectivity index (χ4n) is 2.25. The highest BCUT2D eigenvalue weighted by Crippen LogP contribution is 2.27. The Balaban J connectivity index is 1.69. The summed E-state index contributed by atoms with van der Waals surface area (Å²) in [4.78, 5) is 4.38. The maximum atomic E-state index is 5.62. The van der Waals surface area contributed by atoms with Crippen molar-refractivity contribution in [1.82, 2.24) is 20.4 Å². The summed E-state index contributed by atoms with van der Waals surface area (Å²) in [7, 11) is 2.03. The number of aromatic nitrogens is 4. The number of likely N-dealkylation sites (N-methyl/N-ethyl adjacent to an activating group) is 1. The van der Waals surface area contributed by atoms with Crippen LogP contribution in [0.15, 0.2) is 18.3 Å². The van der Waals surface area contributed by atoms with Gasteiger partial charge in [0.2, 0.25) is 10.3 Å². The molecule has 19 heavy (non-hydrogen) atoms. The van der Waals surface area contributed by atoms with Gasteiger partial charge in [-0.1, -0.05) is 11.3 Å². The van der Waals surface area contributed by atoms with Crippen LogP contribution in [-0.4, -0.2) is 46.6 Å². The Hall–Kier alpha value is -1.96. The van der Waals surface area contributed by atoms with Crippen LogP contribution in [0, 0.1) is 0 Å². The zero-order valence-corrected chi connectivity index (χ0v) is 11.4. The monoisotopic (exact) mass is 277 g/mol. The van der Waals surface area contributed by atoms with Crippen molar-refractivity contribution in [2.24, 2.45) is 0 Å². The minimum atomic E-state index is 0.398. The van der Waals surface area contributed by atoms with Gasteiger partial charge in [0.15, 0.2) is 5.82 Å². The van der Waals surface area contributed by atoms with Crippen LogP contribution in [0.1, 0.15) is 6.42 Å². The lowest BCUT2D eigenvalue weighted by Gasteiger charge is -2.23. The molecular formula is C11H15N7S. The molecular weight excluding hydrogens is 262 g/mol. The summed E-state index contributed by atoms with van der Waals surface area (Å²) >= 11 is 1.41. The van der Waals surface area contributed by atoms with Crippen LogP contribution in [0.25, 0.3) is 0 Å². The molecule has 2 aromatic rings. The molecule has 8 heteroatoms. The largest absolute Gasteiger partial charge is 0.374 e. The van der Waals surface area contributed by atoms with Gasteiger partial charge in [0, 0.05) is 26.3 Å². The van der Waals surface area contributed by atoms with Crippen LogP contribution in [0.2, 0.25) is 0 Å². The van der Waals surface area contributed by atoms with Gasteiger partial charge in [-0.15, -0.1) is 15.3 Å². The third kappa shape index (κ3) is 2.43. The first kappa shape index (κ1) is 12.1. The molecule has 0 spiro atoms. The van der Waals surface area contributed by atoms with Crippen molar-refractivity contribution in [3.8, 4) is 0 Å². The van der Waals surface area contributed by atoms with E-state index in [1.165, 1.54) is 11.3 Å². The molecule has 3 rings (SSSR count). The van der Waals surface area contributed by atoms with Gasteiger partial charge in [0.1, 0.15) is 0 Å². The highest BCUT2D eigenvalue weighted by Gasteiger charge is 2.28. The first-order valence-corrected chi connectivity index (χ1v) is 6.90. The number of hydrogen-bond acceptors (Lipinski definition) is 8. The Morgan fingerprint density at radius 2 is 2.32 bits per heavy atom. The normalized spacial score (nSPS) is 18.8. The molecule has 1 atom stereocenters. The summed E-state index contributed by atoms with van der Waals surface area (Å²) in [5.41, 5.74) is 5.62. The maximum Gasteiger partial charge on any atom is 0.210 e. The van der Waals surface area contributed by atoms with Crippen LogP contribution in [0.5, 0.6) is 0 Å². The highest BCUT2D eigenvalue weighted by atomic mass is 32.1. The van der Waals surface area contributed by atoms with Gasteiger partial charge in [-0.05, 0) is 18.6 Å². The second kappa shape index (κ2) is 4.96. The Morgan fingerprint density at radius 3 is 3.00 bits per heavy atom. The van der Waals surface area contributed by atoms with Gasteiger partial charge in [0.25, 0.3) is 0 Å². The lowest BCUT2D eigenvalue weighted by Crippen LogP contribution is -2.34. The third-order valence-corrected chi connectivity index (χ3v) is 4.17. The van der Waals surface area contributed by atoms with Crippen LogP contribution < -0.4 is 15.5 Å². The van der Waals surface area contributed by atoms with Crippen LogP contribution in [-0.2, 0) is 0 Å². The predicted octanol–water partition coefficient (Wildman–Crippen LogP) is 0.625. The second-order valence-corrected chi connectivity index (χ2v) is 5.49. The Morgan fingerprint density at radius 1 is 1.42 bits per heavy atom. The van der Waals surface area contributed by atoms with Gasteiger partial charge >= 0.3 is 0 Å². The summed E-state index contributed by atoms with van der Waals surface area (Å²) in [5, 5.41) is 17.4. The standard InChI is InChI=1S/C11H15N7S/c1-17(11-16-15-10(12)19-11)8-4-6-18(7-8)9-3-2-5-13-14-9/h2-3,5,8H,4,6-7H2,1H3,(H2,12,15)/t8-/m1/s1. The van der Waals surface area contributed by atoms with Gasteiger partial charge in [-0.3, -0.25) is 0 Å². The van der Waals surface area contributed by atoms with E-state index in [0.29, 0.717) is 11.2 Å². The average Bonchev–Trinajstić information content (AvgIpc) is 3.08. The quantitative estimate of drug-likeness (QED) is 0.880. The smallest absolute Gasteiger partial charge is 0.210 e. The summed E-state index contributed by atoms with van der Waals surface area (Å²) in [5.74, 6) is 0.926. The molecule has 2 aromatic heterocycles. The minimum absolute atomic E-state index is 0.398. The second-order valence-electron chi connectivity index (χ2n) is 4.50. The SMILES string of the molecule is CN(c1nnc(N)s1)[C@@H]1CCN(c2cccnn2)C1. The Bertz CT molecular complexity index is 543. The molecule has 1 aliphatic rings. The van der Waals surface area contributed by atoms with E-state index >= 15 is 0 Å². The van der Waals surface area contributed by atoms with E-state index in [9.17, 15) is 0 Å². The van der Waals surface area contributed by atoms with Crippen LogP contribution in [0.4, 0.5) is 16.1 Å². The molecule has 0 amide bonds. The van der Waals surface area contributed by atoms with Gasteiger partial charge in [0.05, 0.1) is 6.04 Å². The topological polar surface area (TPSA) is 84.1 Å². The molecule has 1 fully saturated rings. The van der Waals surface area contributed by atoms with E-state index in [-0.39, 0.29) is 0 Å². The summed E-state index contributed by atoms with van der Waals surface area (Å²) < 4.78 is 0. The molecule has 0 radical (unpaired) electrons. The van der Waals surface area contributed by atoms with Crippen molar-refractivity contribution in [1.29, 1.82) is 0 Å². The van der Waals surface area contributed by atoms with Crippen molar-refractivity contribution < 1.29 is 0 Å². The number of hydrogen-bond donors (Lipinski definition) is 1. The number of nitrogen functional groups attached to an aromatic ring is 1. The van der Waals surface area contributed by atoms with Crippen molar-refractivity contribution >= 4 is 27.4 Å². The molecule has 0 aliphatic carbocycles. The number of rotatable bonds is 3. The third-order valence-electron chi connectivity index (χ3n) is 3.33. The van der Waals surface area contributed by atoms with Crippen molar-refractivity contribution in [3.05, 3.63) is 18.3 Å². The molecule has 1 aliphatic heterocycles. The van der Waals surface area contributed by atoms with E-state index in [2.05, 4.69) is 30.2 Å². The van der Waals surface area contributed by atoms with Crippen LogP contribution >= 0.6 is 11.3 Å². The van der Waals surface area contributed by atoms with E-state index in [0.717, 1.165) is 30.5 Å². The lowest BCUT2D eigenvalue weighted by atomic mass is 10.2. The number of nitrogens with two attached hydrogens (primary N) is 1. The van der Waals surface area contributed by atoms with E-state index in [4.69, 9.17) is 5.73 Å². The first-order chi connectivity index (χ1) is 9.24. The lowest BCUT2D eigenvalue weighted by molar-refractivity contribution is 0.686. The zero-order chi connectivity index (χ0) is 13.2. The minimum Gasteiger partial charge on any atom is -0.374 e. The van der Waals surface area contributed by atoms with E-state index < -0.39 is 0 Å². The summed E-state index contributed by atoms with van der Waals surface area (Å²) in [6.45, 7) is 1.89. The molecule has 7 nitrogen and oxygen atoms in total. The van der Waals surface area contributed by atoms with Crippen molar-refractivity contribution in [2.45, 2.75) is 12.5 Å². The molecule has 0 saturated carbocycles. The molecule has 0 bridgehead atoms. The number of nitrogens with zero attached hydrogens (tertiary/aromatic N) is 6. The molecule has 100 valence electrons. The number of anilines is 3. The summed E-state index contributed by atoms with van der Waals surface area (Å²) in [6, 6.07) is 4.29. The Kier molecular flexibility index (Phi) is 3.16. The Labute approximate surface area is 115 Å². The predicted molar refractivity (Wildman–Crippen MR) is 75.4 cm³/mol. The molecule has 1 saturated heterocycles. The van der Waals surface area contributed by atoms with Gasteiger partial charge in [-0.25, -0.2) is 0 Å². The van der Waals surface area contributed by atoms with Crippen LogP contribution in [0.3, 0.4) is 0 Å². The summed E-state index contributed by atoms with van der Waals surface area (Å²) in [6.07, 6.45) is 2.75. The fourth-order valence-corrected chi connectivity index (χ4v) is 2.90. The van der Waals surface area contributed by atoms with E-state index in [1.54, 1.807) is 6.20 Å². The van der Waals surface area contributed by atoms with Crippen molar-refractivity contribution in [3.63, 3.8) is 0 Å². The molecule has 2 N–H and O–H groups in total. The van der Waals surface area contributed by atoms with E-state index in [1.807, 2.05) is 19.2 Å². The van der Waals surface area contributed by atoms with Gasteiger partial charge < -0.3 is 15.5 Å². The molecule has 0 unspecified atom stereocenters. The fraction of sp³-hybridized carbons (Fsp3) is 0.455. The average molecular weight is 277 g/mol. The molecule has 0 aromatic carbocycles. The first-order valence-electron chi connectivity index (χ1n) is 6.08.